The monoisotopic (exact) mass is 468 g/mol. The molecule has 0 atom stereocenters. The fourth-order valence-electron chi connectivity index (χ4n) is 4.29. The third-order valence-corrected chi connectivity index (χ3v) is 6.10. The summed E-state index contributed by atoms with van der Waals surface area (Å²) < 4.78 is 0. The van der Waals surface area contributed by atoms with Crippen molar-refractivity contribution in [2.45, 2.75) is 13.1 Å². The number of benzene rings is 5. The minimum atomic E-state index is -0.352. The number of non-ortho nitro benzene ring substituents is 1. The van der Waals surface area contributed by atoms with E-state index in [4.69, 9.17) is 0 Å². The van der Waals surface area contributed by atoms with Gasteiger partial charge in [-0.3, -0.25) is 10.1 Å². The standard InChI is InChI=1S/C32H24N2O2/c35-34(36)32-22-19-28(30-13-7-8-14-31(30)32)18-15-25-16-20-29(21-17-25)33(23-26-9-3-1-4-10-26)24-27-11-5-2-6-12-27/h1-14,16-17,19-22H,23-24H2. The van der Waals surface area contributed by atoms with Crippen LogP contribution in [0.1, 0.15) is 22.3 Å². The van der Waals surface area contributed by atoms with Gasteiger partial charge < -0.3 is 4.90 Å². The van der Waals surface area contributed by atoms with Crippen molar-refractivity contribution in [3.63, 3.8) is 0 Å². The van der Waals surface area contributed by atoms with Crippen molar-refractivity contribution in [2.24, 2.45) is 0 Å². The van der Waals surface area contributed by atoms with Gasteiger partial charge in [-0.2, -0.15) is 0 Å². The van der Waals surface area contributed by atoms with Crippen LogP contribution in [0.15, 0.2) is 121 Å². The Morgan fingerprint density at radius 3 is 1.75 bits per heavy atom. The van der Waals surface area contributed by atoms with E-state index in [-0.39, 0.29) is 10.6 Å². The zero-order valence-corrected chi connectivity index (χ0v) is 19.7. The predicted octanol–water partition coefficient (Wildman–Crippen LogP) is 7.35. The average molecular weight is 469 g/mol. The molecule has 4 heteroatoms. The van der Waals surface area contributed by atoms with Gasteiger partial charge in [0.2, 0.25) is 0 Å². The van der Waals surface area contributed by atoms with Crippen molar-refractivity contribution in [3.05, 3.63) is 154 Å². The first-order chi connectivity index (χ1) is 17.7. The molecule has 0 amide bonds. The fourth-order valence-corrected chi connectivity index (χ4v) is 4.29. The Labute approximate surface area is 210 Å². The van der Waals surface area contributed by atoms with Crippen LogP contribution in [0.25, 0.3) is 10.8 Å². The number of fused-ring (bicyclic) bond motifs is 1. The normalized spacial score (nSPS) is 10.4. The third-order valence-electron chi connectivity index (χ3n) is 6.10. The summed E-state index contributed by atoms with van der Waals surface area (Å²) in [6.07, 6.45) is 0. The highest BCUT2D eigenvalue weighted by Crippen LogP contribution is 2.28. The SMILES string of the molecule is O=[N+]([O-])c1ccc(C#Cc2ccc(N(Cc3ccccc3)Cc3ccccc3)cc2)c2ccccc12. The van der Waals surface area contributed by atoms with Crippen LogP contribution in [0, 0.1) is 22.0 Å². The maximum Gasteiger partial charge on any atom is 0.277 e. The number of rotatable bonds is 6. The Morgan fingerprint density at radius 2 is 1.17 bits per heavy atom. The highest BCUT2D eigenvalue weighted by molar-refractivity contribution is 5.95. The number of anilines is 1. The molecule has 0 radical (unpaired) electrons. The second-order valence-corrected chi connectivity index (χ2v) is 8.56. The minimum absolute atomic E-state index is 0.0948. The summed E-state index contributed by atoms with van der Waals surface area (Å²) in [5.41, 5.74) is 5.38. The number of nitrogens with zero attached hydrogens (tertiary/aromatic N) is 2. The van der Waals surface area contributed by atoms with Crippen molar-refractivity contribution in [2.75, 3.05) is 4.90 Å². The minimum Gasteiger partial charge on any atom is -0.363 e. The largest absolute Gasteiger partial charge is 0.363 e. The van der Waals surface area contributed by atoms with Gasteiger partial charge >= 0.3 is 0 Å². The lowest BCUT2D eigenvalue weighted by atomic mass is 10.0. The lowest BCUT2D eigenvalue weighted by Gasteiger charge is -2.25. The van der Waals surface area contributed by atoms with Crippen molar-refractivity contribution in [1.82, 2.24) is 0 Å². The van der Waals surface area contributed by atoms with E-state index in [1.54, 1.807) is 12.1 Å². The van der Waals surface area contributed by atoms with Crippen LogP contribution in [-0.2, 0) is 13.1 Å². The van der Waals surface area contributed by atoms with Crippen LogP contribution >= 0.6 is 0 Å². The first-order valence-corrected chi connectivity index (χ1v) is 11.8. The summed E-state index contributed by atoms with van der Waals surface area (Å²) in [5.74, 6) is 6.44. The Kier molecular flexibility index (Phi) is 6.73. The maximum absolute atomic E-state index is 11.4. The molecule has 0 saturated carbocycles. The quantitative estimate of drug-likeness (QED) is 0.149. The van der Waals surface area contributed by atoms with E-state index in [1.807, 2.05) is 42.5 Å². The zero-order chi connectivity index (χ0) is 24.7. The molecule has 4 nitrogen and oxygen atoms in total. The first kappa shape index (κ1) is 22.9. The Bertz CT molecular complexity index is 1510. The van der Waals surface area contributed by atoms with Crippen molar-refractivity contribution in [3.8, 4) is 11.8 Å². The van der Waals surface area contributed by atoms with Crippen LogP contribution in [0.5, 0.6) is 0 Å². The molecule has 5 aromatic carbocycles. The molecule has 0 N–H and O–H groups in total. The molecule has 0 spiro atoms. The number of nitro groups is 1. The molecular weight excluding hydrogens is 444 g/mol. The lowest BCUT2D eigenvalue weighted by molar-refractivity contribution is -0.383. The summed E-state index contributed by atoms with van der Waals surface area (Å²) in [5, 5.41) is 12.8. The summed E-state index contributed by atoms with van der Waals surface area (Å²) in [4.78, 5) is 13.4. The molecule has 174 valence electrons. The van der Waals surface area contributed by atoms with Crippen molar-refractivity contribution >= 4 is 22.1 Å². The van der Waals surface area contributed by atoms with Crippen LogP contribution in [0.3, 0.4) is 0 Å². The highest BCUT2D eigenvalue weighted by atomic mass is 16.6. The molecule has 0 aliphatic rings. The average Bonchev–Trinajstić information content (AvgIpc) is 2.92. The first-order valence-electron chi connectivity index (χ1n) is 11.8. The lowest BCUT2D eigenvalue weighted by Crippen LogP contribution is -2.22. The van der Waals surface area contributed by atoms with E-state index >= 15 is 0 Å². The van der Waals surface area contributed by atoms with Crippen LogP contribution in [-0.4, -0.2) is 4.92 Å². The van der Waals surface area contributed by atoms with Gasteiger partial charge in [-0.25, -0.2) is 0 Å². The van der Waals surface area contributed by atoms with Crippen LogP contribution < -0.4 is 4.90 Å². The second kappa shape index (κ2) is 10.6. The van der Waals surface area contributed by atoms with Crippen molar-refractivity contribution in [1.29, 1.82) is 0 Å². The molecule has 0 saturated heterocycles. The third kappa shape index (κ3) is 5.27. The molecule has 0 fully saturated rings. The molecular formula is C32H24N2O2. The molecule has 5 aromatic rings. The van der Waals surface area contributed by atoms with E-state index in [1.165, 1.54) is 17.2 Å². The smallest absolute Gasteiger partial charge is 0.277 e. The molecule has 0 bridgehead atoms. The summed E-state index contributed by atoms with van der Waals surface area (Å²) in [6, 6.07) is 39.7. The molecule has 5 rings (SSSR count). The van der Waals surface area contributed by atoms with Gasteiger partial charge in [0.05, 0.1) is 10.3 Å². The Balaban J connectivity index is 1.42. The molecule has 0 aromatic heterocycles. The van der Waals surface area contributed by atoms with Gasteiger partial charge in [-0.1, -0.05) is 90.7 Å². The number of hydrogen-bond donors (Lipinski definition) is 0. The second-order valence-electron chi connectivity index (χ2n) is 8.56. The number of nitro benzene ring substituents is 1. The highest BCUT2D eigenvalue weighted by Gasteiger charge is 2.13. The van der Waals surface area contributed by atoms with Crippen LogP contribution in [0.2, 0.25) is 0 Å². The maximum atomic E-state index is 11.4. The molecule has 0 aliphatic carbocycles. The Hall–Kier alpha value is -4.88. The van der Waals surface area contributed by atoms with E-state index in [0.29, 0.717) is 5.39 Å². The molecule has 0 unspecified atom stereocenters. The van der Waals surface area contributed by atoms with Gasteiger partial charge in [-0.05, 0) is 47.5 Å². The molecule has 0 heterocycles. The van der Waals surface area contributed by atoms with Gasteiger partial charge in [0, 0.05) is 41.4 Å². The Morgan fingerprint density at radius 1 is 0.611 bits per heavy atom. The molecule has 0 aliphatic heterocycles. The van der Waals surface area contributed by atoms with E-state index in [9.17, 15) is 10.1 Å². The van der Waals surface area contributed by atoms with Gasteiger partial charge in [0.1, 0.15) is 0 Å². The van der Waals surface area contributed by atoms with E-state index in [2.05, 4.69) is 77.4 Å². The summed E-state index contributed by atoms with van der Waals surface area (Å²) in [7, 11) is 0. The molecule has 36 heavy (non-hydrogen) atoms. The summed E-state index contributed by atoms with van der Waals surface area (Å²) in [6.45, 7) is 1.60. The zero-order valence-electron chi connectivity index (χ0n) is 19.7. The van der Waals surface area contributed by atoms with Gasteiger partial charge in [-0.15, -0.1) is 0 Å². The van der Waals surface area contributed by atoms with Crippen LogP contribution in [0.4, 0.5) is 11.4 Å². The van der Waals surface area contributed by atoms with E-state index in [0.717, 1.165) is 35.3 Å². The fraction of sp³-hybridized carbons (Fsp3) is 0.0625. The number of hydrogen-bond acceptors (Lipinski definition) is 3. The van der Waals surface area contributed by atoms with Crippen molar-refractivity contribution < 1.29 is 4.92 Å². The van der Waals surface area contributed by atoms with E-state index < -0.39 is 0 Å². The van der Waals surface area contributed by atoms with Gasteiger partial charge in [0.15, 0.2) is 0 Å². The summed E-state index contributed by atoms with van der Waals surface area (Å²) >= 11 is 0. The van der Waals surface area contributed by atoms with Gasteiger partial charge in [0.25, 0.3) is 5.69 Å². The topological polar surface area (TPSA) is 46.4 Å². The predicted molar refractivity (Wildman–Crippen MR) is 146 cm³/mol.